The summed E-state index contributed by atoms with van der Waals surface area (Å²) in [6.45, 7) is 5.19. The van der Waals surface area contributed by atoms with Gasteiger partial charge in [-0.1, -0.05) is 37.3 Å². The van der Waals surface area contributed by atoms with E-state index in [2.05, 4.69) is 42.6 Å². The van der Waals surface area contributed by atoms with Gasteiger partial charge in [-0.05, 0) is 67.5 Å². The molecule has 1 aromatic carbocycles. The fraction of sp³-hybridized carbons (Fsp3) is 0.652. The lowest BCUT2D eigenvalue weighted by molar-refractivity contribution is -0.120. The topological polar surface area (TPSA) is 30.5 Å². The molecule has 1 N–H and O–H groups in total. The summed E-state index contributed by atoms with van der Waals surface area (Å²) >= 11 is 0. The fourth-order valence-corrected chi connectivity index (χ4v) is 6.39. The van der Waals surface area contributed by atoms with Crippen LogP contribution in [0.3, 0.4) is 0 Å². The van der Waals surface area contributed by atoms with Crippen molar-refractivity contribution in [1.29, 1.82) is 0 Å². The summed E-state index contributed by atoms with van der Waals surface area (Å²) < 4.78 is 12.8. The Bertz CT molecular complexity index is 685. The minimum atomic E-state index is 0.197. The maximum Gasteiger partial charge on any atom is 0.0974 e. The summed E-state index contributed by atoms with van der Waals surface area (Å²) in [6, 6.07) is 10.6. The summed E-state index contributed by atoms with van der Waals surface area (Å²) in [5, 5.41) is 4.00. The van der Waals surface area contributed by atoms with Gasteiger partial charge in [0, 0.05) is 12.0 Å². The molecule has 5 rings (SSSR count). The van der Waals surface area contributed by atoms with Crippen LogP contribution in [0.1, 0.15) is 51.0 Å². The lowest BCUT2D eigenvalue weighted by atomic mass is 9.52. The summed E-state index contributed by atoms with van der Waals surface area (Å²) in [6.07, 6.45) is 7.69. The minimum Gasteiger partial charge on any atom is -0.498 e. The Balaban J connectivity index is 1.44. The smallest absolute Gasteiger partial charge is 0.0974 e. The number of allylic oxidation sites excluding steroid dienone is 1. The molecule has 0 radical (unpaired) electrons. The lowest BCUT2D eigenvalue weighted by Gasteiger charge is -2.60. The molecule has 0 amide bonds. The highest BCUT2D eigenvalue weighted by atomic mass is 16.5. The minimum absolute atomic E-state index is 0.197. The highest BCUT2D eigenvalue weighted by molar-refractivity contribution is 5.34. The van der Waals surface area contributed by atoms with Crippen molar-refractivity contribution in [3.8, 4) is 0 Å². The molecule has 2 aliphatic heterocycles. The second-order valence-electron chi connectivity index (χ2n) is 8.81. The molecular weight excluding hydrogens is 322 g/mol. The zero-order valence-corrected chi connectivity index (χ0v) is 15.9. The van der Waals surface area contributed by atoms with E-state index in [-0.39, 0.29) is 5.54 Å². The number of ether oxygens (including phenoxy) is 2. The molecule has 3 nitrogen and oxygen atoms in total. The monoisotopic (exact) mass is 353 g/mol. The van der Waals surface area contributed by atoms with Crippen LogP contribution < -0.4 is 5.32 Å². The Kier molecular flexibility index (Phi) is 4.33. The molecule has 2 aliphatic carbocycles. The van der Waals surface area contributed by atoms with E-state index in [9.17, 15) is 0 Å². The van der Waals surface area contributed by atoms with Gasteiger partial charge in [-0.25, -0.2) is 0 Å². The van der Waals surface area contributed by atoms with Crippen LogP contribution in [0.4, 0.5) is 0 Å². The van der Waals surface area contributed by atoms with Crippen molar-refractivity contribution in [3.05, 3.63) is 47.2 Å². The highest BCUT2D eigenvalue weighted by Gasteiger charge is 2.58. The van der Waals surface area contributed by atoms with Gasteiger partial charge in [0.1, 0.15) is 0 Å². The van der Waals surface area contributed by atoms with Gasteiger partial charge in [0.05, 0.1) is 25.1 Å². The van der Waals surface area contributed by atoms with Crippen LogP contribution in [0.5, 0.6) is 0 Å². The molecular formula is C23H31NO2. The molecule has 3 heteroatoms. The number of hydrogen-bond donors (Lipinski definition) is 1. The Morgan fingerprint density at radius 2 is 2.12 bits per heavy atom. The van der Waals surface area contributed by atoms with Gasteiger partial charge in [0.2, 0.25) is 0 Å². The summed E-state index contributed by atoms with van der Waals surface area (Å²) in [5.41, 5.74) is 3.10. The van der Waals surface area contributed by atoms with Gasteiger partial charge >= 0.3 is 0 Å². The Morgan fingerprint density at radius 3 is 3.00 bits per heavy atom. The molecule has 5 atom stereocenters. The van der Waals surface area contributed by atoms with Crippen LogP contribution in [0.2, 0.25) is 0 Å². The third-order valence-electron chi connectivity index (χ3n) is 7.34. The molecule has 4 aliphatic rings. The maximum absolute atomic E-state index is 6.59. The zero-order valence-electron chi connectivity index (χ0n) is 15.9. The van der Waals surface area contributed by atoms with Crippen molar-refractivity contribution >= 4 is 0 Å². The number of nitrogens with one attached hydrogen (secondary N) is 1. The highest BCUT2D eigenvalue weighted by Crippen LogP contribution is 2.57. The number of piperidine rings is 1. The van der Waals surface area contributed by atoms with Crippen LogP contribution >= 0.6 is 0 Å². The zero-order chi connectivity index (χ0) is 17.6. The largest absolute Gasteiger partial charge is 0.498 e. The second-order valence-corrected chi connectivity index (χ2v) is 8.81. The van der Waals surface area contributed by atoms with E-state index in [1.165, 1.54) is 43.4 Å². The molecule has 0 spiro atoms. The molecule has 2 fully saturated rings. The van der Waals surface area contributed by atoms with Gasteiger partial charge in [-0.15, -0.1) is 0 Å². The van der Waals surface area contributed by atoms with E-state index in [0.717, 1.165) is 26.2 Å². The Labute approximate surface area is 157 Å². The molecule has 1 saturated carbocycles. The number of benzene rings is 1. The molecule has 2 bridgehead atoms. The van der Waals surface area contributed by atoms with Crippen molar-refractivity contribution < 1.29 is 9.47 Å². The van der Waals surface area contributed by atoms with E-state index in [4.69, 9.17) is 9.47 Å². The van der Waals surface area contributed by atoms with Crippen molar-refractivity contribution in [3.63, 3.8) is 0 Å². The first kappa shape index (κ1) is 16.8. The van der Waals surface area contributed by atoms with Crippen LogP contribution in [0.15, 0.2) is 41.7 Å². The first-order valence-corrected chi connectivity index (χ1v) is 10.5. The average Bonchev–Trinajstić information content (AvgIpc) is 2.68. The molecule has 140 valence electrons. The number of hydrogen-bond acceptors (Lipinski definition) is 3. The van der Waals surface area contributed by atoms with Crippen molar-refractivity contribution in [1.82, 2.24) is 5.32 Å². The van der Waals surface area contributed by atoms with Gasteiger partial charge in [-0.3, -0.25) is 0 Å². The van der Waals surface area contributed by atoms with Crippen LogP contribution in [0.25, 0.3) is 0 Å². The molecule has 26 heavy (non-hydrogen) atoms. The molecule has 1 aromatic rings. The van der Waals surface area contributed by atoms with E-state index >= 15 is 0 Å². The van der Waals surface area contributed by atoms with Crippen LogP contribution in [-0.2, 0) is 16.1 Å². The van der Waals surface area contributed by atoms with Crippen molar-refractivity contribution in [2.24, 2.45) is 17.8 Å². The molecule has 1 saturated heterocycles. The van der Waals surface area contributed by atoms with E-state index in [1.807, 2.05) is 0 Å². The van der Waals surface area contributed by atoms with Gasteiger partial charge in [0.15, 0.2) is 0 Å². The Hall–Kier alpha value is -1.32. The predicted octanol–water partition coefficient (Wildman–Crippen LogP) is 4.43. The van der Waals surface area contributed by atoms with Gasteiger partial charge in [-0.2, -0.15) is 0 Å². The van der Waals surface area contributed by atoms with E-state index in [0.29, 0.717) is 23.9 Å². The van der Waals surface area contributed by atoms with Crippen LogP contribution in [-0.4, -0.2) is 24.8 Å². The third kappa shape index (κ3) is 2.63. The SMILES string of the molecule is C[C@H]1C[C@@]23NCCC[C@@H]2[C@H](CC2=C3CCCO2)[C@@H]1OCc1ccccc1. The molecule has 0 aromatic heterocycles. The summed E-state index contributed by atoms with van der Waals surface area (Å²) in [4.78, 5) is 0. The quantitative estimate of drug-likeness (QED) is 0.872. The molecule has 2 heterocycles. The number of rotatable bonds is 3. The first-order valence-electron chi connectivity index (χ1n) is 10.5. The van der Waals surface area contributed by atoms with Crippen LogP contribution in [0, 0.1) is 17.8 Å². The van der Waals surface area contributed by atoms with Crippen molar-refractivity contribution in [2.45, 2.75) is 63.7 Å². The Morgan fingerprint density at radius 1 is 1.23 bits per heavy atom. The van der Waals surface area contributed by atoms with Gasteiger partial charge < -0.3 is 14.8 Å². The summed E-state index contributed by atoms with van der Waals surface area (Å²) in [7, 11) is 0. The van der Waals surface area contributed by atoms with Crippen molar-refractivity contribution in [2.75, 3.05) is 13.2 Å². The fourth-order valence-electron chi connectivity index (χ4n) is 6.39. The average molecular weight is 354 g/mol. The first-order chi connectivity index (χ1) is 12.8. The standard InChI is InChI=1S/C23H31NO2/c1-16-14-23-19(9-5-11-24-23)18(13-21-20(23)10-6-12-25-21)22(16)26-15-17-7-3-2-4-8-17/h2-4,7-8,16,18-19,22,24H,5-6,9-15H2,1H3/t16-,18-,19+,22+,23+/m0/s1. The second kappa shape index (κ2) is 6.69. The van der Waals surface area contributed by atoms with E-state index < -0.39 is 0 Å². The predicted molar refractivity (Wildman–Crippen MR) is 103 cm³/mol. The third-order valence-corrected chi connectivity index (χ3v) is 7.34. The normalized spacial score (nSPS) is 39.0. The lowest BCUT2D eigenvalue weighted by Crippen LogP contribution is -2.66. The van der Waals surface area contributed by atoms with Gasteiger partial charge in [0.25, 0.3) is 0 Å². The van der Waals surface area contributed by atoms with E-state index in [1.54, 1.807) is 5.57 Å². The molecule has 0 unspecified atom stereocenters. The summed E-state index contributed by atoms with van der Waals surface area (Å²) in [5.74, 6) is 3.20. The maximum atomic E-state index is 6.59.